The Morgan fingerprint density at radius 1 is 1.29 bits per heavy atom. The van der Waals surface area contributed by atoms with Gasteiger partial charge in [0.05, 0.1) is 33.9 Å². The lowest BCUT2D eigenvalue weighted by molar-refractivity contribution is 0.760. The number of hydrogen-bond acceptors (Lipinski definition) is 4. The van der Waals surface area contributed by atoms with Crippen LogP contribution in [0.2, 0.25) is 0 Å². The van der Waals surface area contributed by atoms with E-state index in [2.05, 4.69) is 36.3 Å². The Morgan fingerprint density at radius 3 is 2.53 bits per heavy atom. The van der Waals surface area contributed by atoms with Crippen LogP contribution in [-0.2, 0) is 6.54 Å². The van der Waals surface area contributed by atoms with Gasteiger partial charge in [-0.2, -0.15) is 5.10 Å². The highest BCUT2D eigenvalue weighted by atomic mass is 79.9. The van der Waals surface area contributed by atoms with E-state index in [9.17, 15) is 0 Å². The molecule has 2 heterocycles. The predicted octanol–water partition coefficient (Wildman–Crippen LogP) is 1.76. The van der Waals surface area contributed by atoms with E-state index in [1.165, 1.54) is 0 Å². The third-order valence-electron chi connectivity index (χ3n) is 2.47. The largest absolute Gasteiger partial charge is 0.314 e. The second-order valence-corrected chi connectivity index (χ2v) is 4.59. The number of aromatic nitrogens is 4. The average Bonchev–Trinajstić information content (AvgIpc) is 2.59. The molecular weight excluding hydrogens is 282 g/mol. The van der Waals surface area contributed by atoms with Crippen molar-refractivity contribution in [3.05, 3.63) is 33.9 Å². The molecule has 0 saturated carbocycles. The molecule has 90 valence electrons. The summed E-state index contributed by atoms with van der Waals surface area (Å²) >= 11 is 3.50. The number of nitrogens with one attached hydrogen (secondary N) is 1. The van der Waals surface area contributed by atoms with E-state index in [0.29, 0.717) is 6.54 Å². The van der Waals surface area contributed by atoms with E-state index in [1.807, 2.05) is 20.9 Å². The lowest BCUT2D eigenvalue weighted by atomic mass is 10.4. The third kappa shape index (κ3) is 2.37. The number of aryl methyl sites for hydroxylation is 1. The molecule has 0 unspecified atom stereocenters. The van der Waals surface area contributed by atoms with E-state index in [1.54, 1.807) is 17.1 Å². The fraction of sp³-hybridized carbons (Fsp3) is 0.364. The van der Waals surface area contributed by atoms with E-state index >= 15 is 0 Å². The van der Waals surface area contributed by atoms with Crippen molar-refractivity contribution in [2.45, 2.75) is 20.4 Å². The van der Waals surface area contributed by atoms with Crippen LogP contribution in [0, 0.1) is 13.8 Å². The minimum absolute atomic E-state index is 0.716. The molecule has 0 spiro atoms. The summed E-state index contributed by atoms with van der Waals surface area (Å²) in [6.45, 7) is 4.66. The second-order valence-electron chi connectivity index (χ2n) is 3.79. The molecule has 6 heteroatoms. The molecule has 0 amide bonds. The van der Waals surface area contributed by atoms with Crippen LogP contribution < -0.4 is 5.32 Å². The summed E-state index contributed by atoms with van der Waals surface area (Å²) in [4.78, 5) is 8.68. The molecule has 17 heavy (non-hydrogen) atoms. The molecule has 0 saturated heterocycles. The minimum Gasteiger partial charge on any atom is -0.314 e. The van der Waals surface area contributed by atoms with E-state index in [0.717, 1.165) is 27.4 Å². The van der Waals surface area contributed by atoms with Gasteiger partial charge in [-0.1, -0.05) is 0 Å². The fourth-order valence-electron chi connectivity index (χ4n) is 1.58. The Hall–Kier alpha value is -1.27. The van der Waals surface area contributed by atoms with Gasteiger partial charge in [-0.25, -0.2) is 9.67 Å². The summed E-state index contributed by atoms with van der Waals surface area (Å²) in [6, 6.07) is 0. The summed E-state index contributed by atoms with van der Waals surface area (Å²) in [7, 11) is 1.88. The molecule has 0 bridgehead atoms. The first-order valence-corrected chi connectivity index (χ1v) is 6.10. The van der Waals surface area contributed by atoms with Gasteiger partial charge in [0, 0.05) is 6.54 Å². The minimum atomic E-state index is 0.716. The van der Waals surface area contributed by atoms with Crippen LogP contribution in [0.4, 0.5) is 0 Å². The topological polar surface area (TPSA) is 55.6 Å². The molecule has 5 nitrogen and oxygen atoms in total. The van der Waals surface area contributed by atoms with Crippen molar-refractivity contribution in [2.75, 3.05) is 7.05 Å². The zero-order valence-electron chi connectivity index (χ0n) is 10.0. The number of halogens is 1. The normalized spacial score (nSPS) is 10.8. The third-order valence-corrected chi connectivity index (χ3v) is 3.62. The molecular formula is C11H14BrN5. The zero-order valence-corrected chi connectivity index (χ0v) is 11.6. The van der Waals surface area contributed by atoms with E-state index < -0.39 is 0 Å². The molecule has 2 aromatic rings. The van der Waals surface area contributed by atoms with Crippen LogP contribution in [0.5, 0.6) is 0 Å². The van der Waals surface area contributed by atoms with Gasteiger partial charge in [0.2, 0.25) is 0 Å². The van der Waals surface area contributed by atoms with Crippen molar-refractivity contribution < 1.29 is 0 Å². The lowest BCUT2D eigenvalue weighted by Crippen LogP contribution is -2.09. The maximum atomic E-state index is 4.41. The highest BCUT2D eigenvalue weighted by Gasteiger charge is 2.11. The highest BCUT2D eigenvalue weighted by molar-refractivity contribution is 9.10. The number of nitrogens with zero attached hydrogens (tertiary/aromatic N) is 4. The molecule has 0 aromatic carbocycles. The first-order chi connectivity index (χ1) is 8.13. The van der Waals surface area contributed by atoms with Gasteiger partial charge in [-0.05, 0) is 36.8 Å². The van der Waals surface area contributed by atoms with Crippen LogP contribution in [0.1, 0.15) is 17.1 Å². The SMILES string of the molecule is CNCc1cnc(-n2nc(C)c(Br)c2C)cn1. The molecule has 0 radical (unpaired) electrons. The summed E-state index contributed by atoms with van der Waals surface area (Å²) in [5, 5.41) is 7.44. The van der Waals surface area contributed by atoms with Crippen molar-refractivity contribution in [1.29, 1.82) is 0 Å². The predicted molar refractivity (Wildman–Crippen MR) is 69.1 cm³/mol. The molecule has 2 rings (SSSR count). The average molecular weight is 296 g/mol. The van der Waals surface area contributed by atoms with Crippen molar-refractivity contribution in [1.82, 2.24) is 25.1 Å². The molecule has 0 aliphatic carbocycles. The van der Waals surface area contributed by atoms with Gasteiger partial charge < -0.3 is 5.32 Å². The number of hydrogen-bond donors (Lipinski definition) is 1. The molecule has 0 fully saturated rings. The molecule has 1 N–H and O–H groups in total. The van der Waals surface area contributed by atoms with Gasteiger partial charge in [0.25, 0.3) is 0 Å². The Kier molecular flexibility index (Phi) is 3.54. The summed E-state index contributed by atoms with van der Waals surface area (Å²) in [5.41, 5.74) is 2.89. The summed E-state index contributed by atoms with van der Waals surface area (Å²) in [6.07, 6.45) is 3.49. The first kappa shape index (κ1) is 12.2. The Morgan fingerprint density at radius 2 is 2.06 bits per heavy atom. The van der Waals surface area contributed by atoms with E-state index in [4.69, 9.17) is 0 Å². The van der Waals surface area contributed by atoms with Crippen LogP contribution in [0.25, 0.3) is 5.82 Å². The van der Waals surface area contributed by atoms with Crippen LogP contribution >= 0.6 is 15.9 Å². The molecule has 0 aliphatic heterocycles. The van der Waals surface area contributed by atoms with Crippen molar-refractivity contribution in [3.63, 3.8) is 0 Å². The van der Waals surface area contributed by atoms with Gasteiger partial charge in [-0.15, -0.1) is 0 Å². The van der Waals surface area contributed by atoms with Crippen LogP contribution in [0.15, 0.2) is 16.9 Å². The van der Waals surface area contributed by atoms with Crippen molar-refractivity contribution in [2.24, 2.45) is 0 Å². The number of rotatable bonds is 3. The maximum Gasteiger partial charge on any atom is 0.172 e. The van der Waals surface area contributed by atoms with Gasteiger partial charge in [0.15, 0.2) is 5.82 Å². The van der Waals surface area contributed by atoms with Gasteiger partial charge >= 0.3 is 0 Å². The zero-order chi connectivity index (χ0) is 12.4. The lowest BCUT2D eigenvalue weighted by Gasteiger charge is -2.04. The monoisotopic (exact) mass is 295 g/mol. The first-order valence-electron chi connectivity index (χ1n) is 5.31. The van der Waals surface area contributed by atoms with Crippen LogP contribution in [-0.4, -0.2) is 26.8 Å². The molecule has 0 atom stereocenters. The van der Waals surface area contributed by atoms with Crippen molar-refractivity contribution >= 4 is 15.9 Å². The standard InChI is InChI=1S/C11H14BrN5/c1-7-11(12)8(2)17(16-7)10-6-14-9(4-13-3)5-15-10/h5-6,13H,4H2,1-3H3. The summed E-state index contributed by atoms with van der Waals surface area (Å²) < 4.78 is 2.80. The van der Waals surface area contributed by atoms with Gasteiger partial charge in [0.1, 0.15) is 0 Å². The molecule has 0 aliphatic rings. The summed E-state index contributed by atoms with van der Waals surface area (Å²) in [5.74, 6) is 0.733. The maximum absolute atomic E-state index is 4.41. The Balaban J connectivity index is 2.36. The fourth-order valence-corrected chi connectivity index (χ4v) is 1.82. The smallest absolute Gasteiger partial charge is 0.172 e. The quantitative estimate of drug-likeness (QED) is 0.937. The van der Waals surface area contributed by atoms with Crippen molar-refractivity contribution in [3.8, 4) is 5.82 Å². The molecule has 2 aromatic heterocycles. The van der Waals surface area contributed by atoms with Crippen LogP contribution in [0.3, 0.4) is 0 Å². The highest BCUT2D eigenvalue weighted by Crippen LogP contribution is 2.21. The Bertz CT molecular complexity index is 517. The Labute approximate surface area is 108 Å². The second kappa shape index (κ2) is 4.93. The van der Waals surface area contributed by atoms with E-state index in [-0.39, 0.29) is 0 Å². The van der Waals surface area contributed by atoms with Gasteiger partial charge in [-0.3, -0.25) is 4.98 Å².